The van der Waals surface area contributed by atoms with E-state index in [9.17, 15) is 5.11 Å². The van der Waals surface area contributed by atoms with Gasteiger partial charge in [-0.25, -0.2) is 0 Å². The zero-order valence-electron chi connectivity index (χ0n) is 33.6. The van der Waals surface area contributed by atoms with Crippen molar-refractivity contribution in [3.8, 4) is 23.0 Å². The Morgan fingerprint density at radius 3 is 1.79 bits per heavy atom. The molecule has 0 bridgehead atoms. The van der Waals surface area contributed by atoms with Crippen LogP contribution in [0.3, 0.4) is 0 Å². The van der Waals surface area contributed by atoms with Gasteiger partial charge < -0.3 is 29.0 Å². The molecule has 5 atom stereocenters. The molecule has 2 aromatic carbocycles. The van der Waals surface area contributed by atoms with Gasteiger partial charge in [0.1, 0.15) is 0 Å². The van der Waals surface area contributed by atoms with Crippen LogP contribution in [0.2, 0.25) is 0 Å². The third-order valence-electron chi connectivity index (χ3n) is 12.0. The molecule has 11 heteroatoms. The van der Waals surface area contributed by atoms with E-state index in [1.165, 1.54) is 67.2 Å². The molecule has 3 aliphatic rings. The molecule has 1 saturated heterocycles. The maximum absolute atomic E-state index is 11.7. The Kier molecular flexibility index (Phi) is 21.0. The summed E-state index contributed by atoms with van der Waals surface area (Å²) in [6, 6.07) is 9.48. The van der Waals surface area contributed by atoms with E-state index >= 15 is 0 Å². The summed E-state index contributed by atoms with van der Waals surface area (Å²) < 4.78 is 23.1. The predicted octanol–water partition coefficient (Wildman–Crippen LogP) is 8.96. The van der Waals surface area contributed by atoms with E-state index in [1.807, 2.05) is 0 Å². The van der Waals surface area contributed by atoms with Crippen LogP contribution < -0.4 is 18.9 Å². The lowest BCUT2D eigenvalue weighted by atomic mass is 9.72. The number of unbranched alkanes of at least 4 members (excludes halogenated alkanes) is 4. The maximum atomic E-state index is 11.7. The lowest BCUT2D eigenvalue weighted by Crippen LogP contribution is -2.48. The maximum Gasteiger partial charge on any atom is 0.161 e. The van der Waals surface area contributed by atoms with Crippen molar-refractivity contribution in [2.75, 3.05) is 74.3 Å². The van der Waals surface area contributed by atoms with Crippen molar-refractivity contribution in [3.05, 3.63) is 46.5 Å². The van der Waals surface area contributed by atoms with E-state index in [0.29, 0.717) is 24.4 Å². The molecule has 304 valence electrons. The van der Waals surface area contributed by atoms with Crippen LogP contribution in [-0.2, 0) is 12.8 Å². The van der Waals surface area contributed by atoms with E-state index in [2.05, 4.69) is 59.7 Å². The molecule has 0 spiro atoms. The molecule has 53 heavy (non-hydrogen) atoms. The van der Waals surface area contributed by atoms with Gasteiger partial charge in [-0.15, -0.1) is 37.2 Å². The Hall–Kier alpha value is -1.65. The molecule has 0 amide bonds. The minimum Gasteiger partial charge on any atom is -0.493 e. The van der Waals surface area contributed by atoms with Crippen molar-refractivity contribution in [2.45, 2.75) is 110 Å². The third kappa shape index (κ3) is 11.7. The number of aliphatic hydroxyl groups is 1. The second-order valence-electron chi connectivity index (χ2n) is 15.1. The molecule has 0 aromatic heterocycles. The Labute approximate surface area is 339 Å². The van der Waals surface area contributed by atoms with Gasteiger partial charge in [-0.2, -0.15) is 0 Å². The molecule has 0 aliphatic carbocycles. The van der Waals surface area contributed by atoms with Crippen molar-refractivity contribution in [2.24, 2.45) is 11.8 Å². The molecule has 5 rings (SSSR count). The second-order valence-corrected chi connectivity index (χ2v) is 15.1. The summed E-state index contributed by atoms with van der Waals surface area (Å²) >= 11 is 0. The topological polar surface area (TPSA) is 66.9 Å². The third-order valence-corrected chi connectivity index (χ3v) is 12.0. The molecule has 2 aromatic rings. The highest BCUT2D eigenvalue weighted by atomic mass is 35.5. The standard InChI is InChI=1S/C42H67N3O5.3ClH/c1-8-11-13-17-43(18-14-12-9-2)28-34(46)29-45-20-16-32-24-40(48-5)42(50-7)26-36(32)38(45)22-33-21-37-35-25-41(49-6)39(47-4)23-31(35)15-19-44(37)27-30(33)10-3;;;/h23-26,30,33-34,37-38,46H,8-22,27-29H2,1-7H3;3*1H/t30-,33+,34?,37-,38+;;;/m0.../s1. The number of aliphatic hydroxyl groups excluding tert-OH is 1. The molecule has 1 unspecified atom stereocenters. The molecular formula is C42H70Cl3N3O5. The van der Waals surface area contributed by atoms with E-state index in [0.717, 1.165) is 87.9 Å². The smallest absolute Gasteiger partial charge is 0.161 e. The first-order valence-corrected chi connectivity index (χ1v) is 19.8. The van der Waals surface area contributed by atoms with Crippen LogP contribution in [0.1, 0.15) is 113 Å². The number of hydrogen-bond donors (Lipinski definition) is 1. The van der Waals surface area contributed by atoms with E-state index in [4.69, 9.17) is 18.9 Å². The first kappa shape index (κ1) is 47.5. The Balaban J connectivity index is 0.00000324. The summed E-state index contributed by atoms with van der Waals surface area (Å²) in [7, 11) is 6.94. The minimum absolute atomic E-state index is 0. The number of halogens is 3. The summed E-state index contributed by atoms with van der Waals surface area (Å²) in [6.45, 7) is 13.7. The summed E-state index contributed by atoms with van der Waals surface area (Å²) in [5, 5.41) is 11.7. The number of rotatable bonds is 19. The highest BCUT2D eigenvalue weighted by molar-refractivity contribution is 5.86. The summed E-state index contributed by atoms with van der Waals surface area (Å²) in [4.78, 5) is 7.87. The Bertz CT molecular complexity index is 1360. The van der Waals surface area contributed by atoms with Gasteiger partial charge in [-0.05, 0) is 110 Å². The molecule has 1 fully saturated rings. The van der Waals surface area contributed by atoms with Gasteiger partial charge in [0.25, 0.3) is 0 Å². The van der Waals surface area contributed by atoms with Crippen molar-refractivity contribution >= 4 is 37.2 Å². The Morgan fingerprint density at radius 2 is 1.25 bits per heavy atom. The molecule has 0 saturated carbocycles. The fourth-order valence-electron chi connectivity index (χ4n) is 9.21. The van der Waals surface area contributed by atoms with Crippen molar-refractivity contribution < 1.29 is 24.1 Å². The van der Waals surface area contributed by atoms with Crippen molar-refractivity contribution in [3.63, 3.8) is 0 Å². The molecule has 3 aliphatic heterocycles. The normalized spacial score (nSPS) is 21.5. The molecule has 1 N–H and O–H groups in total. The fraction of sp³-hybridized carbons (Fsp3) is 0.714. The monoisotopic (exact) mass is 801 g/mol. The van der Waals surface area contributed by atoms with Crippen LogP contribution in [0.5, 0.6) is 23.0 Å². The summed E-state index contributed by atoms with van der Waals surface area (Å²) in [6.07, 6.45) is 12.3. The fourth-order valence-corrected chi connectivity index (χ4v) is 9.21. The average molecular weight is 803 g/mol. The van der Waals surface area contributed by atoms with Gasteiger partial charge in [0.15, 0.2) is 23.0 Å². The van der Waals surface area contributed by atoms with Crippen LogP contribution in [0.15, 0.2) is 24.3 Å². The van der Waals surface area contributed by atoms with Gasteiger partial charge in [0, 0.05) is 44.8 Å². The molecule has 0 radical (unpaired) electrons. The number of hydrogen-bond acceptors (Lipinski definition) is 8. The first-order chi connectivity index (χ1) is 24.4. The van der Waals surface area contributed by atoms with Gasteiger partial charge in [-0.1, -0.05) is 52.9 Å². The number of piperidine rings is 1. The van der Waals surface area contributed by atoms with Gasteiger partial charge in [-0.3, -0.25) is 9.80 Å². The lowest BCUT2D eigenvalue weighted by molar-refractivity contribution is 0.0155. The first-order valence-electron chi connectivity index (χ1n) is 19.8. The van der Waals surface area contributed by atoms with Crippen LogP contribution in [0.25, 0.3) is 0 Å². The zero-order valence-corrected chi connectivity index (χ0v) is 36.0. The predicted molar refractivity (Wildman–Crippen MR) is 225 cm³/mol. The number of benzene rings is 2. The zero-order chi connectivity index (χ0) is 35.6. The largest absolute Gasteiger partial charge is 0.493 e. The van der Waals surface area contributed by atoms with Crippen LogP contribution in [0, 0.1) is 11.8 Å². The lowest BCUT2D eigenvalue weighted by Gasteiger charge is -2.49. The van der Waals surface area contributed by atoms with Crippen LogP contribution in [0.4, 0.5) is 0 Å². The van der Waals surface area contributed by atoms with Crippen molar-refractivity contribution in [1.82, 2.24) is 14.7 Å². The highest BCUT2D eigenvalue weighted by Crippen LogP contribution is 2.49. The number of fused-ring (bicyclic) bond motifs is 4. The SMILES string of the molecule is CCCCCN(CCCCC)CC(O)CN1CCc2cc(OC)c(OC)cc2[C@H]1C[C@H]1C[C@H]2c3cc(OC)c(OC)cc3CCN2C[C@@H]1CC.Cl.Cl.Cl. The number of β-amino-alcohol motifs (C(OH)–C–C–N with tert-alkyl or cyclic N) is 1. The average Bonchev–Trinajstić information content (AvgIpc) is 3.14. The Morgan fingerprint density at radius 1 is 0.717 bits per heavy atom. The molecule has 8 nitrogen and oxygen atoms in total. The highest BCUT2D eigenvalue weighted by Gasteiger charge is 2.41. The van der Waals surface area contributed by atoms with E-state index < -0.39 is 0 Å². The summed E-state index contributed by atoms with van der Waals surface area (Å²) in [5.41, 5.74) is 5.49. The van der Waals surface area contributed by atoms with Crippen LogP contribution >= 0.6 is 37.2 Å². The van der Waals surface area contributed by atoms with Crippen LogP contribution in [-0.4, -0.2) is 100 Å². The number of methoxy groups -OCH3 is 4. The minimum atomic E-state index is -0.390. The van der Waals surface area contributed by atoms with Gasteiger partial charge in [0.05, 0.1) is 34.5 Å². The van der Waals surface area contributed by atoms with E-state index in [1.54, 1.807) is 28.4 Å². The van der Waals surface area contributed by atoms with Gasteiger partial charge in [0.2, 0.25) is 0 Å². The van der Waals surface area contributed by atoms with Gasteiger partial charge >= 0.3 is 0 Å². The van der Waals surface area contributed by atoms with E-state index in [-0.39, 0.29) is 49.4 Å². The number of ether oxygens (including phenoxy) is 4. The quantitative estimate of drug-likeness (QED) is 0.141. The molecular weight excluding hydrogens is 733 g/mol. The van der Waals surface area contributed by atoms with Crippen molar-refractivity contribution in [1.29, 1.82) is 0 Å². The summed E-state index contributed by atoms with van der Waals surface area (Å²) in [5.74, 6) is 4.41. The molecule has 3 heterocycles. The second kappa shape index (κ2) is 23.4. The number of nitrogens with zero attached hydrogens (tertiary/aromatic N) is 3.